The van der Waals surface area contributed by atoms with Crippen LogP contribution in [0.5, 0.6) is 0 Å². The Kier molecular flexibility index (Phi) is 2.76. The Morgan fingerprint density at radius 3 is 2.46 bits per heavy atom. The Morgan fingerprint density at radius 1 is 1.46 bits per heavy atom. The van der Waals surface area contributed by atoms with Gasteiger partial charge in [0, 0.05) is 11.6 Å². The van der Waals surface area contributed by atoms with Crippen molar-refractivity contribution in [3.63, 3.8) is 0 Å². The topological polar surface area (TPSA) is 29.3 Å². The molecule has 0 saturated carbocycles. The molecule has 0 aliphatic carbocycles. The second-order valence-corrected chi connectivity index (χ2v) is 4.46. The Labute approximate surface area is 79.7 Å². The lowest BCUT2D eigenvalue weighted by Crippen LogP contribution is -2.37. The molecule has 0 bridgehead atoms. The third kappa shape index (κ3) is 2.84. The Bertz CT molecular complexity index is 273. The fourth-order valence-electron chi connectivity index (χ4n) is 0.962. The van der Waals surface area contributed by atoms with Crippen molar-refractivity contribution in [1.29, 1.82) is 0 Å². The number of aromatic nitrogens is 1. The Morgan fingerprint density at radius 2 is 2.08 bits per heavy atom. The van der Waals surface area contributed by atoms with Crippen molar-refractivity contribution in [3.05, 3.63) is 17.5 Å². The van der Waals surface area contributed by atoms with Gasteiger partial charge in [0.15, 0.2) is 5.76 Å². The summed E-state index contributed by atoms with van der Waals surface area (Å²) in [6.45, 7) is 9.27. The minimum Gasteiger partial charge on any atom is -0.360 e. The van der Waals surface area contributed by atoms with Gasteiger partial charge in [0.2, 0.25) is 0 Å². The van der Waals surface area contributed by atoms with E-state index in [1.54, 1.807) is 0 Å². The molecular formula is C10H18N2O. The summed E-state index contributed by atoms with van der Waals surface area (Å²) in [6, 6.07) is 1.97. The zero-order valence-corrected chi connectivity index (χ0v) is 9.09. The summed E-state index contributed by atoms with van der Waals surface area (Å²) in [5, 5.41) is 3.85. The number of hydrogen-bond donors (Lipinski definition) is 0. The molecule has 1 heterocycles. The third-order valence-electron chi connectivity index (χ3n) is 2.21. The van der Waals surface area contributed by atoms with E-state index in [1.807, 2.05) is 13.0 Å². The summed E-state index contributed by atoms with van der Waals surface area (Å²) in [5.74, 6) is 0.926. The molecule has 3 nitrogen and oxygen atoms in total. The zero-order valence-electron chi connectivity index (χ0n) is 9.09. The van der Waals surface area contributed by atoms with Crippen molar-refractivity contribution >= 4 is 0 Å². The lowest BCUT2D eigenvalue weighted by Gasteiger charge is -2.30. The molecule has 74 valence electrons. The second-order valence-electron chi connectivity index (χ2n) is 4.46. The maximum Gasteiger partial charge on any atom is 0.150 e. The SMILES string of the molecule is Cc1cc(CN(C)C(C)(C)C)on1. The highest BCUT2D eigenvalue weighted by atomic mass is 16.5. The second kappa shape index (κ2) is 3.50. The number of aryl methyl sites for hydroxylation is 1. The fraction of sp³-hybridized carbons (Fsp3) is 0.700. The smallest absolute Gasteiger partial charge is 0.150 e. The van der Waals surface area contributed by atoms with Gasteiger partial charge in [0.25, 0.3) is 0 Å². The average molecular weight is 182 g/mol. The van der Waals surface area contributed by atoms with Crippen molar-refractivity contribution in [3.8, 4) is 0 Å². The van der Waals surface area contributed by atoms with Crippen LogP contribution in [-0.4, -0.2) is 22.6 Å². The van der Waals surface area contributed by atoms with Crippen LogP contribution in [0, 0.1) is 6.92 Å². The van der Waals surface area contributed by atoms with Crippen LogP contribution in [0.4, 0.5) is 0 Å². The summed E-state index contributed by atoms with van der Waals surface area (Å²) >= 11 is 0. The maximum atomic E-state index is 5.14. The monoisotopic (exact) mass is 182 g/mol. The zero-order chi connectivity index (χ0) is 10.1. The lowest BCUT2D eigenvalue weighted by atomic mass is 10.1. The van der Waals surface area contributed by atoms with Crippen molar-refractivity contribution in [2.24, 2.45) is 0 Å². The Hall–Kier alpha value is -0.830. The largest absolute Gasteiger partial charge is 0.360 e. The molecule has 0 saturated heterocycles. The molecule has 0 spiro atoms. The summed E-state index contributed by atoms with van der Waals surface area (Å²) in [6.07, 6.45) is 0. The van der Waals surface area contributed by atoms with E-state index in [-0.39, 0.29) is 5.54 Å². The minimum absolute atomic E-state index is 0.167. The highest BCUT2D eigenvalue weighted by Gasteiger charge is 2.18. The molecule has 0 atom stereocenters. The van der Waals surface area contributed by atoms with E-state index >= 15 is 0 Å². The molecule has 3 heteroatoms. The maximum absolute atomic E-state index is 5.14. The van der Waals surface area contributed by atoms with Crippen molar-refractivity contribution in [2.75, 3.05) is 7.05 Å². The van der Waals surface area contributed by atoms with Crippen molar-refractivity contribution in [2.45, 2.75) is 39.8 Å². The highest BCUT2D eigenvalue weighted by molar-refractivity contribution is 5.03. The van der Waals surface area contributed by atoms with E-state index in [0.717, 1.165) is 18.0 Å². The van der Waals surface area contributed by atoms with Crippen molar-refractivity contribution < 1.29 is 4.52 Å². The Balaban J connectivity index is 2.60. The molecule has 13 heavy (non-hydrogen) atoms. The molecule has 0 radical (unpaired) electrons. The predicted molar refractivity (Wildman–Crippen MR) is 52.5 cm³/mol. The summed E-state index contributed by atoms with van der Waals surface area (Å²) in [4.78, 5) is 2.23. The van der Waals surface area contributed by atoms with Gasteiger partial charge in [-0.25, -0.2) is 0 Å². The van der Waals surface area contributed by atoms with E-state index in [1.165, 1.54) is 0 Å². The van der Waals surface area contributed by atoms with Gasteiger partial charge in [-0.05, 0) is 34.7 Å². The molecule has 0 unspecified atom stereocenters. The third-order valence-corrected chi connectivity index (χ3v) is 2.21. The average Bonchev–Trinajstić information content (AvgIpc) is 2.33. The normalized spacial score (nSPS) is 12.5. The molecule has 0 aromatic carbocycles. The molecular weight excluding hydrogens is 164 g/mol. The lowest BCUT2D eigenvalue weighted by molar-refractivity contribution is 0.150. The number of nitrogens with zero attached hydrogens (tertiary/aromatic N) is 2. The van der Waals surface area contributed by atoms with Crippen LogP contribution < -0.4 is 0 Å². The van der Waals surface area contributed by atoms with E-state index in [2.05, 4.69) is 37.9 Å². The quantitative estimate of drug-likeness (QED) is 0.702. The van der Waals surface area contributed by atoms with Crippen LogP contribution in [0.3, 0.4) is 0 Å². The van der Waals surface area contributed by atoms with E-state index in [0.29, 0.717) is 0 Å². The van der Waals surface area contributed by atoms with Crippen molar-refractivity contribution in [1.82, 2.24) is 10.1 Å². The van der Waals surface area contributed by atoms with Crippen LogP contribution in [0.2, 0.25) is 0 Å². The fourth-order valence-corrected chi connectivity index (χ4v) is 0.962. The first-order chi connectivity index (χ1) is 5.89. The van der Waals surface area contributed by atoms with Gasteiger partial charge in [-0.2, -0.15) is 0 Å². The summed E-state index contributed by atoms with van der Waals surface area (Å²) in [7, 11) is 2.08. The van der Waals surface area contributed by atoms with Gasteiger partial charge < -0.3 is 4.52 Å². The van der Waals surface area contributed by atoms with Crippen LogP contribution in [0.1, 0.15) is 32.2 Å². The highest BCUT2D eigenvalue weighted by Crippen LogP contribution is 2.14. The summed E-state index contributed by atoms with van der Waals surface area (Å²) in [5.41, 5.74) is 1.11. The molecule has 0 fully saturated rings. The standard InChI is InChI=1S/C10H18N2O/c1-8-6-9(13-11-8)7-12(5)10(2,3)4/h6H,7H2,1-5H3. The van der Waals surface area contributed by atoms with Crippen LogP contribution in [0.15, 0.2) is 10.6 Å². The van der Waals surface area contributed by atoms with Gasteiger partial charge in [0.1, 0.15) is 0 Å². The van der Waals surface area contributed by atoms with Gasteiger partial charge in [0.05, 0.1) is 12.2 Å². The first kappa shape index (κ1) is 10.3. The minimum atomic E-state index is 0.167. The molecule has 0 aliphatic heterocycles. The molecule has 1 aromatic rings. The first-order valence-corrected chi connectivity index (χ1v) is 4.53. The van der Waals surface area contributed by atoms with Gasteiger partial charge >= 0.3 is 0 Å². The molecule has 1 rings (SSSR count). The van der Waals surface area contributed by atoms with E-state index in [4.69, 9.17) is 4.52 Å². The van der Waals surface area contributed by atoms with Gasteiger partial charge in [-0.3, -0.25) is 4.90 Å². The van der Waals surface area contributed by atoms with E-state index < -0.39 is 0 Å². The number of hydrogen-bond acceptors (Lipinski definition) is 3. The van der Waals surface area contributed by atoms with Crippen LogP contribution in [0.25, 0.3) is 0 Å². The molecule has 0 amide bonds. The molecule has 1 aromatic heterocycles. The van der Waals surface area contributed by atoms with Crippen LogP contribution in [-0.2, 0) is 6.54 Å². The first-order valence-electron chi connectivity index (χ1n) is 4.53. The van der Waals surface area contributed by atoms with Crippen LogP contribution >= 0.6 is 0 Å². The molecule has 0 N–H and O–H groups in total. The van der Waals surface area contributed by atoms with E-state index in [9.17, 15) is 0 Å². The molecule has 0 aliphatic rings. The summed E-state index contributed by atoms with van der Waals surface area (Å²) < 4.78 is 5.14. The predicted octanol–water partition coefficient (Wildman–Crippen LogP) is 2.21. The van der Waals surface area contributed by atoms with Gasteiger partial charge in [-0.1, -0.05) is 5.16 Å². The number of rotatable bonds is 2. The van der Waals surface area contributed by atoms with Gasteiger partial charge in [-0.15, -0.1) is 0 Å².